The minimum Gasteiger partial charge on any atom is -0.455 e. The average Bonchev–Trinajstić information content (AvgIpc) is 3.85. The molecule has 0 aliphatic rings. The maximum atomic E-state index is 6.89. The summed E-state index contributed by atoms with van der Waals surface area (Å²) in [6, 6.07) is 68.7. The van der Waals surface area contributed by atoms with Crippen molar-refractivity contribution in [2.24, 2.45) is 0 Å². The number of rotatable bonds is 4. The SMILES string of the molecule is c1ccc(-c2nc(-c3ccc4ccccc4c3)nc(-c3ccc4c(c3)oc3c5ccccc5c(-n5c6cc7ccccc7cc6c6c7ccccc7ccc65)cc43)n2)cc1. The first-order valence-corrected chi connectivity index (χ1v) is 20.3. The van der Waals surface area contributed by atoms with Crippen LogP contribution in [0.15, 0.2) is 199 Å². The van der Waals surface area contributed by atoms with Gasteiger partial charge in [-0.3, -0.25) is 0 Å². The summed E-state index contributed by atoms with van der Waals surface area (Å²) >= 11 is 0. The van der Waals surface area contributed by atoms with Crippen LogP contribution in [0.3, 0.4) is 0 Å². The van der Waals surface area contributed by atoms with Crippen molar-refractivity contribution in [1.82, 2.24) is 19.5 Å². The van der Waals surface area contributed by atoms with E-state index in [0.29, 0.717) is 17.5 Å². The van der Waals surface area contributed by atoms with Crippen molar-refractivity contribution in [2.75, 3.05) is 0 Å². The van der Waals surface area contributed by atoms with E-state index >= 15 is 0 Å². The number of aromatic nitrogens is 4. The number of fused-ring (bicyclic) bond motifs is 12. The van der Waals surface area contributed by atoms with Crippen LogP contribution in [-0.4, -0.2) is 19.5 Å². The predicted molar refractivity (Wildman–Crippen MR) is 248 cm³/mol. The second-order valence-corrected chi connectivity index (χ2v) is 15.6. The summed E-state index contributed by atoms with van der Waals surface area (Å²) in [5.74, 6) is 1.83. The fourth-order valence-corrected chi connectivity index (χ4v) is 9.31. The predicted octanol–water partition coefficient (Wildman–Crippen LogP) is 14.5. The van der Waals surface area contributed by atoms with Crippen molar-refractivity contribution < 1.29 is 4.42 Å². The van der Waals surface area contributed by atoms with Gasteiger partial charge in [0.25, 0.3) is 0 Å². The second kappa shape index (κ2) is 12.7. The highest BCUT2D eigenvalue weighted by Gasteiger charge is 2.21. The van der Waals surface area contributed by atoms with Crippen molar-refractivity contribution in [3.05, 3.63) is 194 Å². The molecule has 0 fully saturated rings. The summed E-state index contributed by atoms with van der Waals surface area (Å²) in [4.78, 5) is 15.2. The number of furan rings is 1. The first-order valence-electron chi connectivity index (χ1n) is 20.3. The Balaban J connectivity index is 1.04. The normalized spacial score (nSPS) is 12.0. The van der Waals surface area contributed by atoms with Crippen LogP contribution in [0.4, 0.5) is 0 Å². The van der Waals surface area contributed by atoms with E-state index in [1.54, 1.807) is 0 Å². The fourth-order valence-electron chi connectivity index (χ4n) is 9.31. The molecule has 3 heterocycles. The van der Waals surface area contributed by atoms with E-state index in [0.717, 1.165) is 60.5 Å². The third-order valence-electron chi connectivity index (χ3n) is 12.2. The molecule has 13 rings (SSSR count). The lowest BCUT2D eigenvalue weighted by Crippen LogP contribution is -2.00. The molecule has 10 aromatic carbocycles. The van der Waals surface area contributed by atoms with E-state index in [4.69, 9.17) is 19.4 Å². The molecule has 5 nitrogen and oxygen atoms in total. The number of nitrogens with zero attached hydrogens (tertiary/aromatic N) is 4. The standard InChI is InChI=1S/C55H32N4O/c1-2-14-35(15-3-1)53-56-54(39-23-22-33-12-4-5-16-36(33)28-39)58-55(57-53)40-24-26-43-45-32-49(42-20-10-11-21-44(42)52(45)60-50(43)31-40)59-47-27-25-34-13-8-9-19-41(34)51(47)46-29-37-17-6-7-18-38(37)30-48(46)59/h1-32H. The molecule has 0 atom stereocenters. The van der Waals surface area contributed by atoms with Crippen LogP contribution >= 0.6 is 0 Å². The summed E-state index contributed by atoms with van der Waals surface area (Å²) in [5.41, 5.74) is 7.81. The third-order valence-corrected chi connectivity index (χ3v) is 12.2. The van der Waals surface area contributed by atoms with E-state index in [1.807, 2.05) is 30.3 Å². The van der Waals surface area contributed by atoms with Crippen LogP contribution in [0.5, 0.6) is 0 Å². The fraction of sp³-hybridized carbons (Fsp3) is 0. The summed E-state index contributed by atoms with van der Waals surface area (Å²) in [6.07, 6.45) is 0. The van der Waals surface area contributed by atoms with Crippen molar-refractivity contribution in [2.45, 2.75) is 0 Å². The average molecular weight is 765 g/mol. The van der Waals surface area contributed by atoms with Crippen molar-refractivity contribution in [1.29, 1.82) is 0 Å². The molecule has 0 saturated carbocycles. The monoisotopic (exact) mass is 764 g/mol. The Kier molecular flexibility index (Phi) is 6.95. The Morgan fingerprint density at radius 1 is 0.333 bits per heavy atom. The van der Waals surface area contributed by atoms with Gasteiger partial charge < -0.3 is 8.98 Å². The quantitative estimate of drug-likeness (QED) is 0.179. The lowest BCUT2D eigenvalue weighted by molar-refractivity contribution is 0.672. The van der Waals surface area contributed by atoms with Gasteiger partial charge in [0.15, 0.2) is 17.5 Å². The van der Waals surface area contributed by atoms with Crippen LogP contribution < -0.4 is 0 Å². The topological polar surface area (TPSA) is 56.7 Å². The van der Waals surface area contributed by atoms with Crippen molar-refractivity contribution in [3.8, 4) is 39.9 Å². The second-order valence-electron chi connectivity index (χ2n) is 15.6. The highest BCUT2D eigenvalue weighted by molar-refractivity contribution is 6.25. The van der Waals surface area contributed by atoms with Crippen LogP contribution in [0, 0.1) is 0 Å². The summed E-state index contributed by atoms with van der Waals surface area (Å²) in [6.45, 7) is 0. The summed E-state index contributed by atoms with van der Waals surface area (Å²) in [5, 5.41) is 14.0. The molecule has 0 unspecified atom stereocenters. The molecule has 0 amide bonds. The minimum atomic E-state index is 0.588. The van der Waals surface area contributed by atoms with Gasteiger partial charge in [0, 0.05) is 49.0 Å². The van der Waals surface area contributed by atoms with Gasteiger partial charge in [-0.15, -0.1) is 0 Å². The largest absolute Gasteiger partial charge is 0.455 e. The van der Waals surface area contributed by atoms with Gasteiger partial charge in [-0.1, -0.05) is 152 Å². The van der Waals surface area contributed by atoms with Crippen molar-refractivity contribution in [3.63, 3.8) is 0 Å². The molecule has 278 valence electrons. The smallest absolute Gasteiger partial charge is 0.164 e. The molecule has 13 aromatic rings. The molecule has 0 bridgehead atoms. The zero-order valence-electron chi connectivity index (χ0n) is 32.2. The zero-order valence-corrected chi connectivity index (χ0v) is 32.2. The van der Waals surface area contributed by atoms with E-state index in [-0.39, 0.29) is 0 Å². The molecule has 0 spiro atoms. The van der Waals surface area contributed by atoms with Gasteiger partial charge in [0.1, 0.15) is 11.2 Å². The Bertz CT molecular complexity index is 3900. The molecular weight excluding hydrogens is 733 g/mol. The van der Waals surface area contributed by atoms with E-state index in [1.165, 1.54) is 48.7 Å². The van der Waals surface area contributed by atoms with E-state index in [2.05, 4.69) is 168 Å². The van der Waals surface area contributed by atoms with Gasteiger partial charge in [-0.05, 0) is 74.8 Å². The van der Waals surface area contributed by atoms with E-state index < -0.39 is 0 Å². The third kappa shape index (κ3) is 4.96. The number of hydrogen-bond donors (Lipinski definition) is 0. The first-order chi connectivity index (χ1) is 29.7. The van der Waals surface area contributed by atoms with Gasteiger partial charge in [0.05, 0.1) is 16.7 Å². The van der Waals surface area contributed by atoms with Crippen molar-refractivity contribution >= 4 is 86.8 Å². The lowest BCUT2D eigenvalue weighted by atomic mass is 10.0. The molecule has 0 saturated heterocycles. The van der Waals surface area contributed by atoms with E-state index in [9.17, 15) is 0 Å². The Morgan fingerprint density at radius 3 is 1.70 bits per heavy atom. The maximum absolute atomic E-state index is 6.89. The molecule has 0 radical (unpaired) electrons. The minimum absolute atomic E-state index is 0.588. The lowest BCUT2D eigenvalue weighted by Gasteiger charge is -2.13. The molecule has 60 heavy (non-hydrogen) atoms. The van der Waals surface area contributed by atoms with Crippen LogP contribution in [0.2, 0.25) is 0 Å². The van der Waals surface area contributed by atoms with Gasteiger partial charge in [-0.25, -0.2) is 15.0 Å². The van der Waals surface area contributed by atoms with Crippen LogP contribution in [0.25, 0.3) is 127 Å². The molecule has 0 aliphatic carbocycles. The molecule has 5 heteroatoms. The maximum Gasteiger partial charge on any atom is 0.164 e. The van der Waals surface area contributed by atoms with Crippen LogP contribution in [-0.2, 0) is 0 Å². The Morgan fingerprint density at radius 2 is 0.917 bits per heavy atom. The molecule has 0 aliphatic heterocycles. The molecule has 3 aromatic heterocycles. The Hall–Kier alpha value is -8.15. The van der Waals surface area contributed by atoms with Gasteiger partial charge in [-0.2, -0.15) is 0 Å². The van der Waals surface area contributed by atoms with Crippen LogP contribution in [0.1, 0.15) is 0 Å². The number of hydrogen-bond acceptors (Lipinski definition) is 4. The summed E-state index contributed by atoms with van der Waals surface area (Å²) < 4.78 is 9.35. The van der Waals surface area contributed by atoms with Gasteiger partial charge in [0.2, 0.25) is 0 Å². The highest BCUT2D eigenvalue weighted by Crippen LogP contribution is 2.44. The first kappa shape index (κ1) is 32.9. The zero-order chi connectivity index (χ0) is 39.3. The summed E-state index contributed by atoms with van der Waals surface area (Å²) in [7, 11) is 0. The Labute approximate surface area is 343 Å². The number of benzene rings is 10. The van der Waals surface area contributed by atoms with Gasteiger partial charge >= 0.3 is 0 Å². The molecule has 0 N–H and O–H groups in total. The highest BCUT2D eigenvalue weighted by atomic mass is 16.3. The molecular formula is C55H32N4O.